The molecule has 31 heavy (non-hydrogen) atoms. The average molecular weight is 447 g/mol. The van der Waals surface area contributed by atoms with Crippen LogP contribution in [0.15, 0.2) is 115 Å². The van der Waals surface area contributed by atoms with E-state index in [9.17, 15) is 4.79 Å². The van der Waals surface area contributed by atoms with Gasteiger partial charge in [-0.1, -0.05) is 0 Å². The number of carbonyl (C=O) groups excluding carboxylic acids is 1. The van der Waals surface area contributed by atoms with Crippen LogP contribution >= 0.6 is 17.2 Å². The summed E-state index contributed by atoms with van der Waals surface area (Å²) >= 11 is 8.17. The quantitative estimate of drug-likeness (QED) is 0.301. The molecule has 0 amide bonds. The number of benzene rings is 4. The van der Waals surface area contributed by atoms with E-state index in [1.165, 1.54) is 0 Å². The van der Waals surface area contributed by atoms with Gasteiger partial charge in [0.25, 0.3) is 0 Å². The van der Waals surface area contributed by atoms with Crippen molar-refractivity contribution in [1.29, 1.82) is 0 Å². The van der Waals surface area contributed by atoms with Crippen LogP contribution in [0.5, 0.6) is 0 Å². The van der Waals surface area contributed by atoms with Gasteiger partial charge < -0.3 is 0 Å². The molecule has 0 N–H and O–H groups in total. The molecule has 0 aliphatic rings. The van der Waals surface area contributed by atoms with Crippen molar-refractivity contribution in [3.63, 3.8) is 0 Å². The summed E-state index contributed by atoms with van der Waals surface area (Å²) in [5.41, 5.74) is 0.494. The van der Waals surface area contributed by atoms with Crippen molar-refractivity contribution in [2.45, 2.75) is 6.92 Å². The first-order valence-electron chi connectivity index (χ1n) is 10.3. The van der Waals surface area contributed by atoms with E-state index in [0.29, 0.717) is 12.2 Å². The number of rotatable bonds is 6. The van der Waals surface area contributed by atoms with Gasteiger partial charge in [0, 0.05) is 0 Å². The molecular weight excluding hydrogens is 423 g/mol. The Labute approximate surface area is 188 Å². The van der Waals surface area contributed by atoms with Crippen LogP contribution in [0.3, 0.4) is 0 Å². The second-order valence-corrected chi connectivity index (χ2v) is 13.3. The molecule has 0 heterocycles. The molecule has 0 spiro atoms. The fourth-order valence-corrected chi connectivity index (χ4v) is 10.6. The van der Waals surface area contributed by atoms with Gasteiger partial charge in [-0.15, -0.1) is 0 Å². The van der Waals surface area contributed by atoms with Crippen LogP contribution in [0.2, 0.25) is 0 Å². The second-order valence-electron chi connectivity index (χ2n) is 7.25. The summed E-state index contributed by atoms with van der Waals surface area (Å²) in [5.74, 6) is -4.16. The Balaban J connectivity index is 2.23. The number of ether oxygens (including phenoxy) is 1. The van der Waals surface area contributed by atoms with Crippen LogP contribution in [-0.2, 0) is 4.74 Å². The topological polar surface area (TPSA) is 26.3 Å². The van der Waals surface area contributed by atoms with E-state index in [1.807, 2.05) is 85.8 Å². The maximum atomic E-state index is 13.1. The van der Waals surface area contributed by atoms with Crippen molar-refractivity contribution >= 4 is 44.4 Å². The number of hydrogen-bond acceptors (Lipinski definition) is 2. The third-order valence-corrected chi connectivity index (χ3v) is 13.0. The van der Waals surface area contributed by atoms with Crippen molar-refractivity contribution < 1.29 is 9.53 Å². The van der Waals surface area contributed by atoms with Gasteiger partial charge in [0.05, 0.1) is 0 Å². The Hall–Kier alpha value is -2.93. The Morgan fingerprint density at radius 3 is 1.48 bits per heavy atom. The van der Waals surface area contributed by atoms with Gasteiger partial charge in [-0.3, -0.25) is 0 Å². The first kappa shape index (κ1) is 21.3. The Kier molecular flexibility index (Phi) is 5.96. The first-order chi connectivity index (χ1) is 15.1. The van der Waals surface area contributed by atoms with Crippen LogP contribution in [-0.4, -0.2) is 12.6 Å². The van der Waals surface area contributed by atoms with Crippen LogP contribution in [0.1, 0.15) is 17.3 Å². The fourth-order valence-electron chi connectivity index (χ4n) is 4.21. The summed E-state index contributed by atoms with van der Waals surface area (Å²) in [6, 6.07) is 37.9. The van der Waals surface area contributed by atoms with E-state index in [0.717, 1.165) is 21.2 Å². The van der Waals surface area contributed by atoms with E-state index in [4.69, 9.17) is 16.0 Å². The van der Waals surface area contributed by atoms with E-state index in [2.05, 4.69) is 36.4 Å². The van der Waals surface area contributed by atoms with Gasteiger partial charge in [-0.25, -0.2) is 0 Å². The molecule has 4 aromatic rings. The number of carbonyl (C=O) groups is 1. The van der Waals surface area contributed by atoms with E-state index < -0.39 is 5.96 Å². The number of halogens is 1. The number of esters is 1. The predicted molar refractivity (Wildman–Crippen MR) is 133 cm³/mol. The van der Waals surface area contributed by atoms with Gasteiger partial charge in [-0.05, 0) is 0 Å². The molecule has 0 bridgehead atoms. The molecule has 0 aliphatic heterocycles. The SMILES string of the molecule is CCOC(=O)c1ccccc1P(Cl)(c1ccccc1)(c1ccccc1)c1ccccc1. The standard InChI is InChI=1S/C27H24ClO2P/c1-2-30-27(29)25-20-12-13-21-26(25)31(28,22-14-6-3-7-15-22,23-16-8-4-9-17-23)24-18-10-5-11-19-24/h3-21H,2H2,1H3. The van der Waals surface area contributed by atoms with Crippen LogP contribution in [0.4, 0.5) is 0 Å². The first-order valence-corrected chi connectivity index (χ1v) is 13.4. The van der Waals surface area contributed by atoms with Gasteiger partial charge >= 0.3 is 188 Å². The second kappa shape index (κ2) is 8.67. The molecule has 2 nitrogen and oxygen atoms in total. The van der Waals surface area contributed by atoms with Gasteiger partial charge in [0.15, 0.2) is 0 Å². The monoisotopic (exact) mass is 446 g/mol. The summed E-state index contributed by atoms with van der Waals surface area (Å²) in [6.07, 6.45) is 0. The predicted octanol–water partition coefficient (Wildman–Crippen LogP) is 5.17. The Bertz CT molecular complexity index is 1080. The molecule has 4 heteroatoms. The van der Waals surface area contributed by atoms with E-state index in [1.54, 1.807) is 0 Å². The zero-order chi connectivity index (χ0) is 21.8. The van der Waals surface area contributed by atoms with Crippen LogP contribution < -0.4 is 21.2 Å². The molecule has 0 saturated heterocycles. The number of hydrogen-bond donors (Lipinski definition) is 0. The molecule has 0 radical (unpaired) electrons. The molecule has 4 aromatic carbocycles. The van der Waals surface area contributed by atoms with Crippen LogP contribution in [0, 0.1) is 0 Å². The van der Waals surface area contributed by atoms with Crippen molar-refractivity contribution in [2.75, 3.05) is 6.61 Å². The minimum absolute atomic E-state index is 0.299. The molecule has 0 atom stereocenters. The van der Waals surface area contributed by atoms with E-state index in [-0.39, 0.29) is 5.97 Å². The summed E-state index contributed by atoms with van der Waals surface area (Å²) in [7, 11) is 0. The van der Waals surface area contributed by atoms with Crippen molar-refractivity contribution in [3.8, 4) is 0 Å². The van der Waals surface area contributed by atoms with Crippen molar-refractivity contribution in [3.05, 3.63) is 121 Å². The summed E-state index contributed by atoms with van der Waals surface area (Å²) in [6.45, 7) is 2.11. The minimum atomic E-state index is -3.79. The normalized spacial score (nSPS) is 12.5. The fraction of sp³-hybridized carbons (Fsp3) is 0.0741. The molecule has 0 aromatic heterocycles. The molecular formula is C27H24ClO2P. The van der Waals surface area contributed by atoms with Crippen molar-refractivity contribution in [2.24, 2.45) is 0 Å². The van der Waals surface area contributed by atoms with Gasteiger partial charge in [0.1, 0.15) is 0 Å². The van der Waals surface area contributed by atoms with Gasteiger partial charge in [-0.2, -0.15) is 0 Å². The summed E-state index contributed by atoms with van der Waals surface area (Å²) < 4.78 is 5.44. The third kappa shape index (κ3) is 3.37. The van der Waals surface area contributed by atoms with Crippen molar-refractivity contribution in [1.82, 2.24) is 0 Å². The zero-order valence-electron chi connectivity index (χ0n) is 17.3. The summed E-state index contributed by atoms with van der Waals surface area (Å²) in [5, 5.41) is 3.72. The van der Waals surface area contributed by atoms with E-state index >= 15 is 0 Å². The maximum absolute atomic E-state index is 13.1. The Morgan fingerprint density at radius 2 is 1.06 bits per heavy atom. The third-order valence-electron chi connectivity index (χ3n) is 5.58. The molecule has 4 rings (SSSR count). The molecule has 156 valence electrons. The summed E-state index contributed by atoms with van der Waals surface area (Å²) in [4.78, 5) is 13.1. The molecule has 0 unspecified atom stereocenters. The zero-order valence-corrected chi connectivity index (χ0v) is 19.0. The molecule has 0 saturated carbocycles. The molecule has 0 fully saturated rings. The average Bonchev–Trinajstić information content (AvgIpc) is 2.85. The van der Waals surface area contributed by atoms with Gasteiger partial charge in [0.2, 0.25) is 0 Å². The molecule has 0 aliphatic carbocycles. The Morgan fingerprint density at radius 1 is 0.677 bits per heavy atom. The van der Waals surface area contributed by atoms with Crippen LogP contribution in [0.25, 0.3) is 0 Å².